The number of aromatic nitrogens is 2. The highest BCUT2D eigenvalue weighted by Gasteiger charge is 2.26. The molecular formula is C13H18N4O4. The van der Waals surface area contributed by atoms with E-state index in [0.29, 0.717) is 19.7 Å². The van der Waals surface area contributed by atoms with E-state index in [2.05, 4.69) is 15.5 Å². The smallest absolute Gasteiger partial charge is 0.407 e. The summed E-state index contributed by atoms with van der Waals surface area (Å²) in [5.74, 6) is -0.262. The minimum Gasteiger partial charge on any atom is -0.450 e. The maximum Gasteiger partial charge on any atom is 0.407 e. The van der Waals surface area contributed by atoms with Gasteiger partial charge in [-0.25, -0.2) is 9.89 Å². The number of carbonyl (C=O) groups excluding carboxylic acids is 2. The van der Waals surface area contributed by atoms with Crippen molar-refractivity contribution in [2.75, 3.05) is 19.7 Å². The molecule has 0 unspecified atom stereocenters. The molecule has 1 aromatic heterocycles. The Hall–Kier alpha value is -2.38. The zero-order valence-corrected chi connectivity index (χ0v) is 11.8. The van der Waals surface area contributed by atoms with Gasteiger partial charge in [-0.1, -0.05) is 0 Å². The van der Waals surface area contributed by atoms with Gasteiger partial charge in [-0.2, -0.15) is 5.10 Å². The standard InChI is InChI=1S/C13H18N4O4/c1-2-21-13(20)14-9-4-3-7-17(8-9)12(19)10-5-6-11(18)16-15-10/h5-6,9H,2-4,7-8H2,1H3,(H,14,20)(H,16,18)/t9-/m1/s1. The summed E-state index contributed by atoms with van der Waals surface area (Å²) in [6, 6.07) is 2.52. The highest BCUT2D eigenvalue weighted by atomic mass is 16.5. The van der Waals surface area contributed by atoms with E-state index in [1.54, 1.807) is 11.8 Å². The van der Waals surface area contributed by atoms with Crippen LogP contribution in [0.25, 0.3) is 0 Å². The average Bonchev–Trinajstić information content (AvgIpc) is 2.48. The minimum atomic E-state index is -0.473. The molecule has 0 radical (unpaired) electrons. The lowest BCUT2D eigenvalue weighted by atomic mass is 10.1. The molecule has 2 N–H and O–H groups in total. The summed E-state index contributed by atoms with van der Waals surface area (Å²) < 4.78 is 4.83. The molecule has 2 heterocycles. The lowest BCUT2D eigenvalue weighted by Gasteiger charge is -2.32. The molecule has 1 aliphatic rings. The van der Waals surface area contributed by atoms with Crippen LogP contribution in [0.3, 0.4) is 0 Å². The summed E-state index contributed by atoms with van der Waals surface area (Å²) in [7, 11) is 0. The van der Waals surface area contributed by atoms with Crippen LogP contribution in [0.4, 0.5) is 4.79 Å². The third kappa shape index (κ3) is 4.04. The minimum absolute atomic E-state index is 0.135. The fourth-order valence-corrected chi connectivity index (χ4v) is 2.24. The Morgan fingerprint density at radius 2 is 2.33 bits per heavy atom. The highest BCUT2D eigenvalue weighted by Crippen LogP contribution is 2.12. The first-order chi connectivity index (χ1) is 10.1. The predicted molar refractivity (Wildman–Crippen MR) is 73.9 cm³/mol. The Kier molecular flexibility index (Phi) is 4.91. The number of nitrogens with one attached hydrogen (secondary N) is 2. The van der Waals surface area contributed by atoms with Crippen molar-refractivity contribution in [1.29, 1.82) is 0 Å². The van der Waals surface area contributed by atoms with Crippen LogP contribution in [-0.4, -0.2) is 52.8 Å². The Balaban J connectivity index is 1.97. The topological polar surface area (TPSA) is 104 Å². The van der Waals surface area contributed by atoms with Gasteiger partial charge in [0.05, 0.1) is 6.61 Å². The van der Waals surface area contributed by atoms with Crippen molar-refractivity contribution in [1.82, 2.24) is 20.4 Å². The Morgan fingerprint density at radius 1 is 1.52 bits per heavy atom. The van der Waals surface area contributed by atoms with Crippen LogP contribution in [-0.2, 0) is 4.74 Å². The van der Waals surface area contributed by atoms with Crippen molar-refractivity contribution in [2.24, 2.45) is 0 Å². The van der Waals surface area contributed by atoms with Crippen LogP contribution in [0.5, 0.6) is 0 Å². The lowest BCUT2D eigenvalue weighted by Crippen LogP contribution is -2.50. The molecule has 21 heavy (non-hydrogen) atoms. The number of nitrogens with zero attached hydrogens (tertiary/aromatic N) is 2. The largest absolute Gasteiger partial charge is 0.450 e. The first-order valence-corrected chi connectivity index (χ1v) is 6.88. The second-order valence-electron chi connectivity index (χ2n) is 4.76. The number of hydrogen-bond donors (Lipinski definition) is 2. The SMILES string of the molecule is CCOC(=O)N[C@@H]1CCCN(C(=O)c2ccc(=O)[nH]n2)C1. The fourth-order valence-electron chi connectivity index (χ4n) is 2.24. The number of H-pyrrole nitrogens is 1. The maximum absolute atomic E-state index is 12.3. The van der Waals surface area contributed by atoms with Crippen molar-refractivity contribution in [3.8, 4) is 0 Å². The van der Waals surface area contributed by atoms with Crippen molar-refractivity contribution in [2.45, 2.75) is 25.8 Å². The molecule has 2 rings (SSSR count). The average molecular weight is 294 g/mol. The summed E-state index contributed by atoms with van der Waals surface area (Å²) in [6.45, 7) is 3.04. The molecule has 1 fully saturated rings. The van der Waals surface area contributed by atoms with Gasteiger partial charge in [0.15, 0.2) is 0 Å². The van der Waals surface area contributed by atoms with Gasteiger partial charge in [0, 0.05) is 25.2 Å². The van der Waals surface area contributed by atoms with E-state index in [1.807, 2.05) is 0 Å². The van der Waals surface area contributed by atoms with E-state index in [9.17, 15) is 14.4 Å². The molecule has 1 aromatic rings. The zero-order chi connectivity index (χ0) is 15.2. The third-order valence-corrected chi connectivity index (χ3v) is 3.20. The van der Waals surface area contributed by atoms with E-state index >= 15 is 0 Å². The number of likely N-dealkylation sites (tertiary alicyclic amines) is 1. The second-order valence-corrected chi connectivity index (χ2v) is 4.76. The molecule has 1 saturated heterocycles. The van der Waals surface area contributed by atoms with Gasteiger partial charge in [0.1, 0.15) is 5.69 Å². The summed E-state index contributed by atoms with van der Waals surface area (Å²) in [6.07, 6.45) is 1.10. The van der Waals surface area contributed by atoms with Crippen molar-refractivity contribution in [3.63, 3.8) is 0 Å². The molecule has 0 aliphatic carbocycles. The number of carbonyl (C=O) groups is 2. The van der Waals surface area contributed by atoms with Crippen molar-refractivity contribution < 1.29 is 14.3 Å². The van der Waals surface area contributed by atoms with Gasteiger partial charge in [0.25, 0.3) is 11.5 Å². The molecule has 1 aliphatic heterocycles. The molecular weight excluding hydrogens is 276 g/mol. The Bertz CT molecular complexity index is 551. The monoisotopic (exact) mass is 294 g/mol. The Labute approximate surface area is 121 Å². The Morgan fingerprint density at radius 3 is 3.00 bits per heavy atom. The van der Waals surface area contributed by atoms with Gasteiger partial charge in [-0.15, -0.1) is 0 Å². The van der Waals surface area contributed by atoms with Gasteiger partial charge < -0.3 is 15.0 Å². The summed E-state index contributed by atoms with van der Waals surface area (Å²) >= 11 is 0. The molecule has 0 aromatic carbocycles. The van der Waals surface area contributed by atoms with E-state index in [0.717, 1.165) is 12.8 Å². The van der Waals surface area contributed by atoms with Gasteiger partial charge in [-0.05, 0) is 25.8 Å². The molecule has 0 bridgehead atoms. The van der Waals surface area contributed by atoms with Crippen LogP contribution in [0.15, 0.2) is 16.9 Å². The normalized spacial score (nSPS) is 18.1. The van der Waals surface area contributed by atoms with E-state index in [1.165, 1.54) is 12.1 Å². The summed E-state index contributed by atoms with van der Waals surface area (Å²) in [5.41, 5.74) is -0.168. The predicted octanol–water partition coefficient (Wildman–Crippen LogP) is 0.121. The van der Waals surface area contributed by atoms with Crippen LogP contribution in [0, 0.1) is 0 Å². The van der Waals surface area contributed by atoms with Crippen molar-refractivity contribution >= 4 is 12.0 Å². The molecule has 0 saturated carbocycles. The lowest BCUT2D eigenvalue weighted by molar-refractivity contribution is 0.0679. The number of amides is 2. The molecule has 8 nitrogen and oxygen atoms in total. The van der Waals surface area contributed by atoms with E-state index < -0.39 is 6.09 Å². The van der Waals surface area contributed by atoms with Crippen molar-refractivity contribution in [3.05, 3.63) is 28.2 Å². The van der Waals surface area contributed by atoms with Crippen LogP contribution in [0.2, 0.25) is 0 Å². The molecule has 114 valence electrons. The number of hydrogen-bond acceptors (Lipinski definition) is 5. The fraction of sp³-hybridized carbons (Fsp3) is 0.538. The maximum atomic E-state index is 12.3. The summed E-state index contributed by atoms with van der Waals surface area (Å²) in [4.78, 5) is 36.2. The highest BCUT2D eigenvalue weighted by molar-refractivity contribution is 5.92. The first kappa shape index (κ1) is 15.0. The number of ether oxygens (including phenoxy) is 1. The first-order valence-electron chi connectivity index (χ1n) is 6.88. The number of piperidine rings is 1. The second kappa shape index (κ2) is 6.87. The van der Waals surface area contributed by atoms with Crippen LogP contribution >= 0.6 is 0 Å². The zero-order valence-electron chi connectivity index (χ0n) is 11.8. The third-order valence-electron chi connectivity index (χ3n) is 3.20. The molecule has 2 amide bonds. The quantitative estimate of drug-likeness (QED) is 0.824. The van der Waals surface area contributed by atoms with Crippen LogP contribution in [0.1, 0.15) is 30.3 Å². The molecule has 8 heteroatoms. The van der Waals surface area contributed by atoms with E-state index in [4.69, 9.17) is 4.74 Å². The van der Waals surface area contributed by atoms with Gasteiger partial charge in [-0.3, -0.25) is 9.59 Å². The number of alkyl carbamates (subject to hydrolysis) is 1. The molecule has 1 atom stereocenters. The number of rotatable bonds is 3. The van der Waals surface area contributed by atoms with Gasteiger partial charge >= 0.3 is 6.09 Å². The number of aromatic amines is 1. The van der Waals surface area contributed by atoms with Gasteiger partial charge in [0.2, 0.25) is 0 Å². The van der Waals surface area contributed by atoms with E-state index in [-0.39, 0.29) is 23.2 Å². The van der Waals surface area contributed by atoms with Crippen LogP contribution < -0.4 is 10.9 Å². The summed E-state index contributed by atoms with van der Waals surface area (Å²) in [5, 5.41) is 8.70. The molecule has 0 spiro atoms.